The summed E-state index contributed by atoms with van der Waals surface area (Å²) < 4.78 is 14.2. The third-order valence-electron chi connectivity index (χ3n) is 2.73. The van der Waals surface area contributed by atoms with Gasteiger partial charge in [-0.2, -0.15) is 0 Å². The van der Waals surface area contributed by atoms with Crippen molar-refractivity contribution in [2.24, 2.45) is 0 Å². The molecule has 104 valence electrons. The smallest absolute Gasteiger partial charge is 0.340 e. The molecule has 2 aromatic rings. The van der Waals surface area contributed by atoms with Gasteiger partial charge in [0.25, 0.3) is 0 Å². The molecule has 0 aromatic heterocycles. The molecular formula is C14H12BrFN2O2. The van der Waals surface area contributed by atoms with E-state index >= 15 is 0 Å². The summed E-state index contributed by atoms with van der Waals surface area (Å²) in [7, 11) is 0. The monoisotopic (exact) mass is 338 g/mol. The van der Waals surface area contributed by atoms with Gasteiger partial charge in [0, 0.05) is 10.2 Å². The van der Waals surface area contributed by atoms with Crippen LogP contribution in [0.15, 0.2) is 34.8 Å². The lowest BCUT2D eigenvalue weighted by Gasteiger charge is -2.13. The summed E-state index contributed by atoms with van der Waals surface area (Å²) in [6, 6.07) is 8.04. The minimum Gasteiger partial charge on any atom is -0.478 e. The van der Waals surface area contributed by atoms with Crippen LogP contribution in [0.5, 0.6) is 0 Å². The SMILES string of the molecule is Cc1cc(Br)cc(Nc2ccc(F)c(N)c2C(=O)O)c1. The van der Waals surface area contributed by atoms with Crippen molar-refractivity contribution >= 4 is 39.0 Å². The van der Waals surface area contributed by atoms with Gasteiger partial charge in [-0.05, 0) is 42.8 Å². The molecule has 0 saturated carbocycles. The van der Waals surface area contributed by atoms with E-state index in [1.807, 2.05) is 19.1 Å². The quantitative estimate of drug-likeness (QED) is 0.741. The van der Waals surface area contributed by atoms with E-state index in [0.717, 1.165) is 16.1 Å². The predicted molar refractivity (Wildman–Crippen MR) is 79.9 cm³/mol. The number of nitrogens with one attached hydrogen (secondary N) is 1. The number of hydrogen-bond donors (Lipinski definition) is 3. The first-order valence-corrected chi connectivity index (χ1v) is 6.53. The van der Waals surface area contributed by atoms with Crippen LogP contribution >= 0.6 is 15.9 Å². The van der Waals surface area contributed by atoms with Crippen LogP contribution in [0.1, 0.15) is 15.9 Å². The number of halogens is 2. The van der Waals surface area contributed by atoms with E-state index in [2.05, 4.69) is 21.2 Å². The van der Waals surface area contributed by atoms with E-state index in [4.69, 9.17) is 10.8 Å². The normalized spacial score (nSPS) is 10.3. The van der Waals surface area contributed by atoms with Crippen LogP contribution in [0.4, 0.5) is 21.5 Å². The molecule has 0 spiro atoms. The first-order valence-electron chi connectivity index (χ1n) is 5.74. The number of nitrogens with two attached hydrogens (primary N) is 1. The van der Waals surface area contributed by atoms with E-state index in [1.165, 1.54) is 6.07 Å². The largest absolute Gasteiger partial charge is 0.478 e. The van der Waals surface area contributed by atoms with Crippen molar-refractivity contribution in [2.75, 3.05) is 11.1 Å². The first kappa shape index (κ1) is 14.3. The summed E-state index contributed by atoms with van der Waals surface area (Å²) in [6.07, 6.45) is 0. The predicted octanol–water partition coefficient (Wildman–Crippen LogP) is 3.92. The van der Waals surface area contributed by atoms with Gasteiger partial charge in [0.2, 0.25) is 0 Å². The van der Waals surface area contributed by atoms with Crippen molar-refractivity contribution in [1.29, 1.82) is 0 Å². The van der Waals surface area contributed by atoms with Gasteiger partial charge in [-0.15, -0.1) is 0 Å². The Morgan fingerprint density at radius 3 is 2.65 bits per heavy atom. The highest BCUT2D eigenvalue weighted by molar-refractivity contribution is 9.10. The summed E-state index contributed by atoms with van der Waals surface area (Å²) >= 11 is 3.36. The lowest BCUT2D eigenvalue weighted by atomic mass is 10.1. The molecule has 0 radical (unpaired) electrons. The Kier molecular flexibility index (Phi) is 3.94. The molecule has 4 N–H and O–H groups in total. The van der Waals surface area contributed by atoms with Gasteiger partial charge < -0.3 is 16.2 Å². The molecular weight excluding hydrogens is 327 g/mol. The zero-order valence-electron chi connectivity index (χ0n) is 10.6. The van der Waals surface area contributed by atoms with Crippen LogP contribution in [0.25, 0.3) is 0 Å². The Labute approximate surface area is 123 Å². The van der Waals surface area contributed by atoms with Crippen molar-refractivity contribution in [3.05, 3.63) is 51.7 Å². The van der Waals surface area contributed by atoms with Gasteiger partial charge in [0.05, 0.1) is 11.4 Å². The molecule has 6 heteroatoms. The Morgan fingerprint density at radius 2 is 2.05 bits per heavy atom. The number of carboxylic acid groups (broad SMARTS) is 1. The van der Waals surface area contributed by atoms with E-state index in [1.54, 1.807) is 6.07 Å². The Hall–Kier alpha value is -2.08. The van der Waals surface area contributed by atoms with Crippen LogP contribution in [-0.4, -0.2) is 11.1 Å². The Balaban J connectivity index is 2.48. The Morgan fingerprint density at radius 1 is 1.35 bits per heavy atom. The zero-order chi connectivity index (χ0) is 14.9. The molecule has 0 saturated heterocycles. The van der Waals surface area contributed by atoms with Crippen molar-refractivity contribution < 1.29 is 14.3 Å². The lowest BCUT2D eigenvalue weighted by Crippen LogP contribution is -2.08. The maximum Gasteiger partial charge on any atom is 0.340 e. The van der Waals surface area contributed by atoms with Gasteiger partial charge in [-0.3, -0.25) is 0 Å². The number of carboxylic acids is 1. The minimum atomic E-state index is -1.28. The highest BCUT2D eigenvalue weighted by Gasteiger charge is 2.17. The number of nitrogen functional groups attached to an aromatic ring is 1. The molecule has 0 aliphatic carbocycles. The molecule has 2 rings (SSSR count). The highest BCUT2D eigenvalue weighted by Crippen LogP contribution is 2.29. The number of aryl methyl sites for hydroxylation is 1. The minimum absolute atomic E-state index is 0.244. The highest BCUT2D eigenvalue weighted by atomic mass is 79.9. The van der Waals surface area contributed by atoms with Gasteiger partial charge in [0.1, 0.15) is 11.4 Å². The fourth-order valence-corrected chi connectivity index (χ4v) is 2.50. The molecule has 2 aromatic carbocycles. The Bertz CT molecular complexity index is 669. The van der Waals surface area contributed by atoms with E-state index in [9.17, 15) is 9.18 Å². The zero-order valence-corrected chi connectivity index (χ0v) is 12.2. The van der Waals surface area contributed by atoms with Gasteiger partial charge in [-0.25, -0.2) is 9.18 Å². The fourth-order valence-electron chi connectivity index (χ4n) is 1.89. The maximum atomic E-state index is 13.4. The topological polar surface area (TPSA) is 75.3 Å². The second kappa shape index (κ2) is 5.50. The second-order valence-electron chi connectivity index (χ2n) is 4.33. The molecule has 0 fully saturated rings. The molecule has 0 atom stereocenters. The van der Waals surface area contributed by atoms with Crippen LogP contribution in [-0.2, 0) is 0 Å². The van der Waals surface area contributed by atoms with E-state index in [0.29, 0.717) is 5.69 Å². The van der Waals surface area contributed by atoms with Crippen molar-refractivity contribution in [3.63, 3.8) is 0 Å². The number of hydrogen-bond acceptors (Lipinski definition) is 3. The van der Waals surface area contributed by atoms with Crippen LogP contribution in [0, 0.1) is 12.7 Å². The van der Waals surface area contributed by atoms with Gasteiger partial charge in [0.15, 0.2) is 0 Å². The fraction of sp³-hybridized carbons (Fsp3) is 0.0714. The maximum absolute atomic E-state index is 13.4. The third-order valence-corrected chi connectivity index (χ3v) is 3.19. The summed E-state index contributed by atoms with van der Waals surface area (Å²) in [6.45, 7) is 1.91. The molecule has 0 aliphatic heterocycles. The molecule has 4 nitrogen and oxygen atoms in total. The summed E-state index contributed by atoms with van der Waals surface area (Å²) in [5.41, 5.74) is 6.76. The standard InChI is InChI=1S/C14H12BrFN2O2/c1-7-4-8(15)6-9(5-7)18-11-3-2-10(16)13(17)12(11)14(19)20/h2-6,18H,17H2,1H3,(H,19,20). The molecule has 0 aliphatic rings. The van der Waals surface area contributed by atoms with E-state index in [-0.39, 0.29) is 16.9 Å². The van der Waals surface area contributed by atoms with Crippen LogP contribution in [0.2, 0.25) is 0 Å². The number of aromatic carboxylic acids is 1. The van der Waals surface area contributed by atoms with Gasteiger partial charge >= 0.3 is 5.97 Å². The van der Waals surface area contributed by atoms with Crippen LogP contribution in [0.3, 0.4) is 0 Å². The number of carbonyl (C=O) groups is 1. The molecule has 20 heavy (non-hydrogen) atoms. The molecule has 0 heterocycles. The molecule has 0 bridgehead atoms. The third kappa shape index (κ3) is 2.91. The average molecular weight is 339 g/mol. The van der Waals surface area contributed by atoms with Gasteiger partial charge in [-0.1, -0.05) is 15.9 Å². The summed E-state index contributed by atoms with van der Waals surface area (Å²) in [5, 5.41) is 12.1. The number of rotatable bonds is 3. The van der Waals surface area contributed by atoms with Crippen molar-refractivity contribution in [3.8, 4) is 0 Å². The lowest BCUT2D eigenvalue weighted by molar-refractivity contribution is 0.0698. The average Bonchev–Trinajstić information content (AvgIpc) is 2.32. The number of anilines is 3. The summed E-state index contributed by atoms with van der Waals surface area (Å²) in [5.74, 6) is -2.03. The molecule has 0 amide bonds. The number of benzene rings is 2. The van der Waals surface area contributed by atoms with Crippen LogP contribution < -0.4 is 11.1 Å². The van der Waals surface area contributed by atoms with Crippen molar-refractivity contribution in [1.82, 2.24) is 0 Å². The second-order valence-corrected chi connectivity index (χ2v) is 5.25. The first-order chi connectivity index (χ1) is 9.38. The van der Waals surface area contributed by atoms with E-state index < -0.39 is 11.8 Å². The molecule has 0 unspecified atom stereocenters. The van der Waals surface area contributed by atoms with Crippen molar-refractivity contribution in [2.45, 2.75) is 6.92 Å². The summed E-state index contributed by atoms with van der Waals surface area (Å²) in [4.78, 5) is 11.2.